The van der Waals surface area contributed by atoms with Gasteiger partial charge >= 0.3 is 0 Å². The highest BCUT2D eigenvalue weighted by Crippen LogP contribution is 2.28. The Balaban J connectivity index is 2.91. The van der Waals surface area contributed by atoms with Gasteiger partial charge < -0.3 is 0 Å². The summed E-state index contributed by atoms with van der Waals surface area (Å²) in [6, 6.07) is 3.70. The van der Waals surface area contributed by atoms with Gasteiger partial charge in [0.05, 0.1) is 4.47 Å². The molecule has 1 aromatic carbocycles. The van der Waals surface area contributed by atoms with Crippen molar-refractivity contribution in [3.8, 4) is 0 Å². The van der Waals surface area contributed by atoms with Gasteiger partial charge in [0.15, 0.2) is 0 Å². The van der Waals surface area contributed by atoms with Gasteiger partial charge in [0.2, 0.25) is 0 Å². The van der Waals surface area contributed by atoms with Gasteiger partial charge in [-0.3, -0.25) is 0 Å². The average molecular weight is 290 g/mol. The van der Waals surface area contributed by atoms with Crippen LogP contribution in [0.5, 0.6) is 0 Å². The van der Waals surface area contributed by atoms with Gasteiger partial charge in [0.1, 0.15) is 11.0 Å². The van der Waals surface area contributed by atoms with Crippen molar-refractivity contribution >= 4 is 42.9 Å². The molecule has 2 rings (SSSR count). The summed E-state index contributed by atoms with van der Waals surface area (Å²) < 4.78 is 1.78. The van der Waals surface area contributed by atoms with E-state index in [4.69, 9.17) is 0 Å². The predicted molar refractivity (Wildman–Crippen MR) is 50.5 cm³/mol. The summed E-state index contributed by atoms with van der Waals surface area (Å²) >= 11 is 6.72. The fourth-order valence-electron chi connectivity index (χ4n) is 0.838. The summed E-state index contributed by atoms with van der Waals surface area (Å²) in [6.45, 7) is 0. The van der Waals surface area contributed by atoms with E-state index in [0.717, 1.165) is 14.5 Å². The van der Waals surface area contributed by atoms with Crippen molar-refractivity contribution in [3.63, 3.8) is 0 Å². The van der Waals surface area contributed by atoms with Crippen molar-refractivity contribution in [2.24, 2.45) is 0 Å². The molecule has 12 heavy (non-hydrogen) atoms. The Morgan fingerprint density at radius 1 is 1.00 bits per heavy atom. The van der Waals surface area contributed by atoms with Crippen LogP contribution in [0.15, 0.2) is 21.1 Å². The van der Waals surface area contributed by atoms with Crippen LogP contribution in [0.1, 0.15) is 0 Å². The van der Waals surface area contributed by atoms with E-state index < -0.39 is 0 Å². The molecule has 0 spiro atoms. The lowest BCUT2D eigenvalue weighted by Gasteiger charge is -1.97. The van der Waals surface area contributed by atoms with Crippen LogP contribution in [-0.4, -0.2) is 20.6 Å². The Kier molecular flexibility index (Phi) is 2.02. The van der Waals surface area contributed by atoms with Gasteiger partial charge in [0.25, 0.3) is 0 Å². The van der Waals surface area contributed by atoms with Crippen molar-refractivity contribution in [1.29, 1.82) is 0 Å². The fourth-order valence-corrected chi connectivity index (χ4v) is 1.57. The van der Waals surface area contributed by atoms with E-state index in [1.54, 1.807) is 0 Å². The number of benzene rings is 1. The number of rotatable bonds is 0. The predicted octanol–water partition coefficient (Wildman–Crippen LogP) is 1.94. The second kappa shape index (κ2) is 3.02. The van der Waals surface area contributed by atoms with Crippen molar-refractivity contribution < 1.29 is 0 Å². The molecular weight excluding hydrogens is 288 g/mol. The van der Waals surface area contributed by atoms with Gasteiger partial charge in [-0.1, -0.05) is 0 Å². The summed E-state index contributed by atoms with van der Waals surface area (Å²) in [5.74, 6) is 0. The summed E-state index contributed by atoms with van der Waals surface area (Å²) in [7, 11) is 0. The molecule has 0 unspecified atom stereocenters. The maximum absolute atomic E-state index is 3.84. The summed E-state index contributed by atoms with van der Waals surface area (Å²) in [6.07, 6.45) is 0. The molecule has 0 aliphatic rings. The Hall–Kier alpha value is -0.620. The van der Waals surface area contributed by atoms with Crippen LogP contribution in [0.2, 0.25) is 0 Å². The zero-order valence-corrected chi connectivity index (χ0v) is 8.87. The maximum Gasteiger partial charge on any atom is 0.130 e. The van der Waals surface area contributed by atoms with Crippen LogP contribution in [0.25, 0.3) is 11.0 Å². The van der Waals surface area contributed by atoms with Crippen molar-refractivity contribution in [2.45, 2.75) is 0 Å². The van der Waals surface area contributed by atoms with Gasteiger partial charge in [-0.15, -0.1) is 10.2 Å². The third-order valence-electron chi connectivity index (χ3n) is 1.38. The van der Waals surface area contributed by atoms with Gasteiger partial charge in [-0.05, 0) is 54.4 Å². The van der Waals surface area contributed by atoms with E-state index in [2.05, 4.69) is 52.5 Å². The lowest BCUT2D eigenvalue weighted by atomic mass is 10.3. The molecule has 0 amide bonds. The largest absolute Gasteiger partial charge is 0.130 e. The van der Waals surface area contributed by atoms with Gasteiger partial charge in [-0.25, -0.2) is 0 Å². The minimum absolute atomic E-state index is 0.708. The Morgan fingerprint density at radius 3 is 2.58 bits per heavy atom. The first kappa shape index (κ1) is 8.00. The minimum atomic E-state index is 0.708. The highest BCUT2D eigenvalue weighted by atomic mass is 79.9. The normalized spacial score (nSPS) is 10.5. The molecule has 0 N–H and O–H groups in total. The first-order valence-electron chi connectivity index (χ1n) is 3.09. The van der Waals surface area contributed by atoms with Crippen LogP contribution in [0.4, 0.5) is 0 Å². The van der Waals surface area contributed by atoms with Crippen LogP contribution < -0.4 is 0 Å². The molecule has 0 radical (unpaired) electrons. The van der Waals surface area contributed by atoms with Crippen LogP contribution in [0.3, 0.4) is 0 Å². The quantitative estimate of drug-likeness (QED) is 0.744. The number of hydrogen-bond donors (Lipinski definition) is 0. The van der Waals surface area contributed by atoms with E-state index in [1.165, 1.54) is 0 Å². The van der Waals surface area contributed by atoms with Gasteiger partial charge in [0, 0.05) is 4.47 Å². The average Bonchev–Trinajstić information content (AvgIpc) is 2.12. The molecular formula is C6H2Br2N4. The molecule has 6 heteroatoms. The molecule has 4 nitrogen and oxygen atoms in total. The zero-order chi connectivity index (χ0) is 8.55. The third kappa shape index (κ3) is 1.21. The SMILES string of the molecule is Brc1ccc2nnnnc2c1Br. The van der Waals surface area contributed by atoms with Crippen molar-refractivity contribution in [1.82, 2.24) is 20.6 Å². The monoisotopic (exact) mass is 288 g/mol. The Labute approximate surface area is 84.6 Å². The molecule has 0 aliphatic carbocycles. The van der Waals surface area contributed by atoms with E-state index >= 15 is 0 Å². The molecule has 0 saturated carbocycles. The topological polar surface area (TPSA) is 51.6 Å². The molecule has 0 bridgehead atoms. The standard InChI is InChI=1S/C6H2Br2N4/c7-3-1-2-4-6(5(3)8)10-12-11-9-4/h1-2H. The maximum atomic E-state index is 3.84. The van der Waals surface area contributed by atoms with E-state index in [9.17, 15) is 0 Å². The molecule has 1 heterocycles. The summed E-state index contributed by atoms with van der Waals surface area (Å²) in [5.41, 5.74) is 1.43. The number of fused-ring (bicyclic) bond motifs is 1. The van der Waals surface area contributed by atoms with E-state index in [1.807, 2.05) is 12.1 Å². The second-order valence-electron chi connectivity index (χ2n) is 2.11. The molecule has 0 atom stereocenters. The van der Waals surface area contributed by atoms with E-state index in [-0.39, 0.29) is 0 Å². The zero-order valence-electron chi connectivity index (χ0n) is 5.70. The lowest BCUT2D eigenvalue weighted by molar-refractivity contribution is 0.796. The van der Waals surface area contributed by atoms with Crippen LogP contribution >= 0.6 is 31.9 Å². The molecule has 2 aromatic rings. The van der Waals surface area contributed by atoms with Crippen LogP contribution in [0, 0.1) is 0 Å². The molecule has 0 aliphatic heterocycles. The smallest absolute Gasteiger partial charge is 0.127 e. The highest BCUT2D eigenvalue weighted by Gasteiger charge is 2.04. The second-order valence-corrected chi connectivity index (χ2v) is 3.76. The van der Waals surface area contributed by atoms with E-state index in [0.29, 0.717) is 5.52 Å². The van der Waals surface area contributed by atoms with Gasteiger partial charge in [-0.2, -0.15) is 0 Å². The lowest BCUT2D eigenvalue weighted by Crippen LogP contribution is -1.92. The number of aromatic nitrogens is 4. The Morgan fingerprint density at radius 2 is 1.75 bits per heavy atom. The fraction of sp³-hybridized carbons (Fsp3) is 0. The molecule has 1 aromatic heterocycles. The first-order valence-corrected chi connectivity index (χ1v) is 4.67. The van der Waals surface area contributed by atoms with Crippen molar-refractivity contribution in [2.75, 3.05) is 0 Å². The number of halogens is 2. The molecule has 0 saturated heterocycles. The number of nitrogens with zero attached hydrogens (tertiary/aromatic N) is 4. The molecule has 0 fully saturated rings. The Bertz CT molecular complexity index is 431. The van der Waals surface area contributed by atoms with Crippen LogP contribution in [-0.2, 0) is 0 Å². The third-order valence-corrected chi connectivity index (χ3v) is 3.38. The number of hydrogen-bond acceptors (Lipinski definition) is 4. The first-order chi connectivity index (χ1) is 5.79. The minimum Gasteiger partial charge on any atom is -0.127 e. The summed E-state index contributed by atoms with van der Waals surface area (Å²) in [4.78, 5) is 0. The molecule has 60 valence electrons. The summed E-state index contributed by atoms with van der Waals surface area (Å²) in [5, 5.41) is 14.5. The van der Waals surface area contributed by atoms with Crippen molar-refractivity contribution in [3.05, 3.63) is 21.1 Å². The highest BCUT2D eigenvalue weighted by molar-refractivity contribution is 9.13.